The molecule has 0 atom stereocenters. The first-order valence-electron chi connectivity index (χ1n) is 6.61. The number of hydrazine groups is 1. The van der Waals surface area contributed by atoms with Gasteiger partial charge in [0.25, 0.3) is 0 Å². The molecule has 1 aromatic carbocycles. The van der Waals surface area contributed by atoms with Crippen LogP contribution in [0.15, 0.2) is 30.1 Å². The number of fused-ring (bicyclic) bond motifs is 1. The summed E-state index contributed by atoms with van der Waals surface area (Å²) in [6.45, 7) is 4.08. The molecule has 0 radical (unpaired) electrons. The quantitative estimate of drug-likeness (QED) is 0.538. The van der Waals surface area contributed by atoms with Crippen LogP contribution in [-0.2, 0) is 6.54 Å². The summed E-state index contributed by atoms with van der Waals surface area (Å²) in [7, 11) is 0. The van der Waals surface area contributed by atoms with Gasteiger partial charge in [0.2, 0.25) is 0 Å². The van der Waals surface area contributed by atoms with Gasteiger partial charge in [-0.25, -0.2) is 0 Å². The molecule has 0 amide bonds. The minimum Gasteiger partial charge on any atom is -0.486 e. The summed E-state index contributed by atoms with van der Waals surface area (Å²) in [6.07, 6.45) is 3.91. The molecule has 1 heterocycles. The van der Waals surface area contributed by atoms with Crippen molar-refractivity contribution >= 4 is 0 Å². The fourth-order valence-corrected chi connectivity index (χ4v) is 1.95. The van der Waals surface area contributed by atoms with E-state index < -0.39 is 0 Å². The Labute approximate surface area is 113 Å². The molecular formula is C14H21N3O2. The van der Waals surface area contributed by atoms with Crippen molar-refractivity contribution in [1.29, 1.82) is 0 Å². The van der Waals surface area contributed by atoms with Crippen LogP contribution >= 0.6 is 0 Å². The summed E-state index contributed by atoms with van der Waals surface area (Å²) >= 11 is 0. The van der Waals surface area contributed by atoms with E-state index in [1.54, 1.807) is 0 Å². The van der Waals surface area contributed by atoms with E-state index in [0.29, 0.717) is 13.2 Å². The zero-order valence-electron chi connectivity index (χ0n) is 11.2. The predicted octanol–water partition coefficient (Wildman–Crippen LogP) is 1.65. The van der Waals surface area contributed by atoms with Gasteiger partial charge in [0.1, 0.15) is 13.2 Å². The average molecular weight is 263 g/mol. The molecule has 5 nitrogen and oxygen atoms in total. The fraction of sp³-hybridized carbons (Fsp3) is 0.429. The van der Waals surface area contributed by atoms with Crippen LogP contribution in [0.25, 0.3) is 0 Å². The highest BCUT2D eigenvalue weighted by Crippen LogP contribution is 2.30. The van der Waals surface area contributed by atoms with Crippen molar-refractivity contribution < 1.29 is 9.47 Å². The molecule has 0 unspecified atom stereocenters. The van der Waals surface area contributed by atoms with Gasteiger partial charge in [0.05, 0.1) is 0 Å². The first kappa shape index (κ1) is 13.5. The van der Waals surface area contributed by atoms with E-state index in [0.717, 1.165) is 42.1 Å². The third-order valence-corrected chi connectivity index (χ3v) is 2.89. The summed E-state index contributed by atoms with van der Waals surface area (Å²) in [6, 6.07) is 5.98. The van der Waals surface area contributed by atoms with Crippen LogP contribution in [0.1, 0.15) is 25.3 Å². The largest absolute Gasteiger partial charge is 0.486 e. The maximum absolute atomic E-state index is 5.55. The van der Waals surface area contributed by atoms with Crippen LogP contribution in [0, 0.1) is 0 Å². The molecule has 1 aliphatic rings. The van der Waals surface area contributed by atoms with Gasteiger partial charge >= 0.3 is 0 Å². The topological polar surface area (TPSA) is 68.5 Å². The highest BCUT2D eigenvalue weighted by Gasteiger charge is 2.11. The van der Waals surface area contributed by atoms with Crippen molar-refractivity contribution in [3.63, 3.8) is 0 Å². The molecular weight excluding hydrogens is 242 g/mol. The molecule has 104 valence electrons. The maximum atomic E-state index is 5.55. The van der Waals surface area contributed by atoms with Gasteiger partial charge in [0, 0.05) is 18.4 Å². The first-order chi connectivity index (χ1) is 9.33. The van der Waals surface area contributed by atoms with Gasteiger partial charge in [-0.1, -0.05) is 19.4 Å². The summed E-state index contributed by atoms with van der Waals surface area (Å²) in [5.41, 5.74) is 4.84. The lowest BCUT2D eigenvalue weighted by molar-refractivity contribution is 0.171. The van der Waals surface area contributed by atoms with Crippen molar-refractivity contribution in [1.82, 2.24) is 10.7 Å². The van der Waals surface area contributed by atoms with Gasteiger partial charge in [-0.3, -0.25) is 5.84 Å². The fourth-order valence-electron chi connectivity index (χ4n) is 1.95. The number of rotatable bonds is 6. The Bertz CT molecular complexity index is 446. The molecule has 0 fully saturated rings. The summed E-state index contributed by atoms with van der Waals surface area (Å²) < 4.78 is 11.0. The number of hydrogen-bond acceptors (Lipinski definition) is 5. The third kappa shape index (κ3) is 3.79. The Kier molecular flexibility index (Phi) is 4.92. The van der Waals surface area contributed by atoms with E-state index in [9.17, 15) is 0 Å². The van der Waals surface area contributed by atoms with E-state index >= 15 is 0 Å². The smallest absolute Gasteiger partial charge is 0.161 e. The van der Waals surface area contributed by atoms with E-state index in [1.165, 1.54) is 0 Å². The van der Waals surface area contributed by atoms with E-state index in [1.807, 2.05) is 24.4 Å². The van der Waals surface area contributed by atoms with E-state index in [-0.39, 0.29) is 0 Å². The summed E-state index contributed by atoms with van der Waals surface area (Å²) in [5.74, 6) is 7.07. The molecule has 1 aliphatic heterocycles. The molecule has 19 heavy (non-hydrogen) atoms. The Morgan fingerprint density at radius 1 is 1.32 bits per heavy atom. The lowest BCUT2D eigenvalue weighted by Crippen LogP contribution is -2.23. The molecule has 4 N–H and O–H groups in total. The molecule has 0 saturated carbocycles. The summed E-state index contributed by atoms with van der Waals surface area (Å²) in [5, 5.41) is 3.24. The number of benzene rings is 1. The lowest BCUT2D eigenvalue weighted by atomic mass is 10.2. The van der Waals surface area contributed by atoms with Crippen LogP contribution in [0.5, 0.6) is 11.5 Å². The third-order valence-electron chi connectivity index (χ3n) is 2.89. The standard InChI is InChI=1S/C14H21N3O2/c1-2-3-12(17-15)10-16-9-11-4-5-13-14(8-11)19-7-6-18-13/h4-5,8,10,16-17H,2-3,6-7,9,15H2,1H3/b12-10-. The Balaban J connectivity index is 1.92. The van der Waals surface area contributed by atoms with Gasteiger partial charge in [0.15, 0.2) is 11.5 Å². The molecule has 0 saturated heterocycles. The van der Waals surface area contributed by atoms with Gasteiger partial charge in [-0.05, 0) is 24.1 Å². The molecule has 0 aliphatic carbocycles. The van der Waals surface area contributed by atoms with Gasteiger partial charge < -0.3 is 20.2 Å². The van der Waals surface area contributed by atoms with Crippen LogP contribution in [0.3, 0.4) is 0 Å². The lowest BCUT2D eigenvalue weighted by Gasteiger charge is -2.18. The monoisotopic (exact) mass is 263 g/mol. The minimum atomic E-state index is 0.613. The molecule has 0 bridgehead atoms. The van der Waals surface area contributed by atoms with Crippen molar-refractivity contribution in [3.8, 4) is 11.5 Å². The second-order valence-electron chi connectivity index (χ2n) is 4.42. The maximum Gasteiger partial charge on any atom is 0.161 e. The highest BCUT2D eigenvalue weighted by molar-refractivity contribution is 5.43. The first-order valence-corrected chi connectivity index (χ1v) is 6.61. The van der Waals surface area contributed by atoms with Crippen molar-refractivity contribution in [2.24, 2.45) is 5.84 Å². The number of hydrogen-bond donors (Lipinski definition) is 3. The highest BCUT2D eigenvalue weighted by atomic mass is 16.6. The van der Waals surface area contributed by atoms with E-state index in [2.05, 4.69) is 17.7 Å². The summed E-state index contributed by atoms with van der Waals surface area (Å²) in [4.78, 5) is 0. The SMILES string of the molecule is CCC/C(=C/NCc1ccc2c(c1)OCCO2)NN. The zero-order chi connectivity index (χ0) is 13.5. The molecule has 5 heteroatoms. The minimum absolute atomic E-state index is 0.613. The Morgan fingerprint density at radius 2 is 2.11 bits per heavy atom. The van der Waals surface area contributed by atoms with E-state index in [4.69, 9.17) is 15.3 Å². The van der Waals surface area contributed by atoms with Gasteiger partial charge in [-0.15, -0.1) is 0 Å². The predicted molar refractivity (Wildman–Crippen MR) is 74.6 cm³/mol. The molecule has 1 aromatic rings. The number of allylic oxidation sites excluding steroid dienone is 1. The molecule has 2 rings (SSSR count). The van der Waals surface area contributed by atoms with Crippen molar-refractivity contribution in [2.75, 3.05) is 13.2 Å². The average Bonchev–Trinajstić information content (AvgIpc) is 2.46. The number of ether oxygens (including phenoxy) is 2. The normalized spacial score (nSPS) is 14.1. The Hall–Kier alpha value is -1.88. The molecule has 0 spiro atoms. The Morgan fingerprint density at radius 3 is 2.84 bits per heavy atom. The van der Waals surface area contributed by atoms with Crippen LogP contribution < -0.4 is 26.1 Å². The second kappa shape index (κ2) is 6.89. The number of nitrogens with two attached hydrogens (primary N) is 1. The van der Waals surface area contributed by atoms with Crippen LogP contribution in [0.4, 0.5) is 0 Å². The van der Waals surface area contributed by atoms with Gasteiger partial charge in [-0.2, -0.15) is 0 Å². The molecule has 0 aromatic heterocycles. The van der Waals surface area contributed by atoms with Crippen LogP contribution in [0.2, 0.25) is 0 Å². The van der Waals surface area contributed by atoms with Crippen molar-refractivity contribution in [3.05, 3.63) is 35.7 Å². The van der Waals surface area contributed by atoms with Crippen molar-refractivity contribution in [2.45, 2.75) is 26.3 Å². The number of nitrogens with one attached hydrogen (secondary N) is 2. The zero-order valence-corrected chi connectivity index (χ0v) is 11.2. The van der Waals surface area contributed by atoms with Crippen LogP contribution in [-0.4, -0.2) is 13.2 Å². The second-order valence-corrected chi connectivity index (χ2v) is 4.42.